The van der Waals surface area contributed by atoms with Crippen LogP contribution in [0.5, 0.6) is 0 Å². The van der Waals surface area contributed by atoms with E-state index >= 15 is 0 Å². The van der Waals surface area contributed by atoms with Crippen molar-refractivity contribution in [2.75, 3.05) is 13.1 Å². The molecule has 2 aliphatic rings. The van der Waals surface area contributed by atoms with Crippen LogP contribution >= 0.6 is 0 Å². The normalized spacial score (nSPS) is 37.3. The van der Waals surface area contributed by atoms with Crippen LogP contribution < -0.4 is 0 Å². The van der Waals surface area contributed by atoms with Crippen molar-refractivity contribution in [3.8, 4) is 0 Å². The minimum atomic E-state index is -0.0688. The van der Waals surface area contributed by atoms with Crippen molar-refractivity contribution in [1.29, 1.82) is 0 Å². The third kappa shape index (κ3) is 2.48. The first-order chi connectivity index (χ1) is 6.75. The van der Waals surface area contributed by atoms with E-state index in [1.54, 1.807) is 0 Å². The van der Waals surface area contributed by atoms with Crippen molar-refractivity contribution in [2.24, 2.45) is 5.92 Å². The number of aliphatic hydroxyl groups excluding tert-OH is 1. The van der Waals surface area contributed by atoms with Gasteiger partial charge in [0.05, 0.1) is 6.10 Å². The van der Waals surface area contributed by atoms with Crippen molar-refractivity contribution in [3.63, 3.8) is 0 Å². The van der Waals surface area contributed by atoms with Gasteiger partial charge in [-0.2, -0.15) is 0 Å². The average Bonchev–Trinajstić information content (AvgIpc) is 2.18. The highest BCUT2D eigenvalue weighted by Crippen LogP contribution is 2.26. The summed E-state index contributed by atoms with van der Waals surface area (Å²) in [4.78, 5) is 2.54. The number of β-amino-alcohol motifs (C(OH)–C–C–N with tert-alkyl or cyclic N) is 1. The zero-order valence-electron chi connectivity index (χ0n) is 9.28. The highest BCUT2D eigenvalue weighted by atomic mass is 16.3. The summed E-state index contributed by atoms with van der Waals surface area (Å²) >= 11 is 0. The smallest absolute Gasteiger partial charge is 0.0670 e. The molecule has 0 radical (unpaired) electrons. The third-order valence-corrected chi connectivity index (χ3v) is 3.76. The SMILES string of the molecule is C[C@@H]1C[C@H](O)CN(C2CCCCC2)C1. The van der Waals surface area contributed by atoms with Gasteiger partial charge in [-0.05, 0) is 25.2 Å². The summed E-state index contributed by atoms with van der Waals surface area (Å²) in [7, 11) is 0. The molecule has 0 aromatic heterocycles. The summed E-state index contributed by atoms with van der Waals surface area (Å²) in [5, 5.41) is 9.74. The number of rotatable bonds is 1. The zero-order chi connectivity index (χ0) is 9.97. The highest BCUT2D eigenvalue weighted by Gasteiger charge is 2.28. The molecule has 14 heavy (non-hydrogen) atoms. The molecule has 1 saturated heterocycles. The van der Waals surface area contributed by atoms with E-state index in [1.807, 2.05) is 0 Å². The Morgan fingerprint density at radius 3 is 2.43 bits per heavy atom. The lowest BCUT2D eigenvalue weighted by molar-refractivity contribution is 0.0130. The van der Waals surface area contributed by atoms with Crippen molar-refractivity contribution >= 4 is 0 Å². The van der Waals surface area contributed by atoms with E-state index in [1.165, 1.54) is 38.6 Å². The first-order valence-corrected chi connectivity index (χ1v) is 6.18. The van der Waals surface area contributed by atoms with Gasteiger partial charge in [0.1, 0.15) is 0 Å². The predicted molar refractivity (Wildman–Crippen MR) is 58.2 cm³/mol. The van der Waals surface area contributed by atoms with Gasteiger partial charge in [0.2, 0.25) is 0 Å². The molecule has 0 aromatic rings. The number of piperidine rings is 1. The van der Waals surface area contributed by atoms with Gasteiger partial charge in [-0.15, -0.1) is 0 Å². The molecule has 1 N–H and O–H groups in total. The Kier molecular flexibility index (Phi) is 3.45. The molecular weight excluding hydrogens is 174 g/mol. The molecule has 2 nitrogen and oxygen atoms in total. The van der Waals surface area contributed by atoms with E-state index < -0.39 is 0 Å². The van der Waals surface area contributed by atoms with Gasteiger partial charge in [-0.3, -0.25) is 4.90 Å². The topological polar surface area (TPSA) is 23.5 Å². The Morgan fingerprint density at radius 2 is 1.79 bits per heavy atom. The van der Waals surface area contributed by atoms with Crippen LogP contribution in [-0.4, -0.2) is 35.2 Å². The maximum Gasteiger partial charge on any atom is 0.0670 e. The molecule has 82 valence electrons. The number of hydrogen-bond donors (Lipinski definition) is 1. The minimum Gasteiger partial charge on any atom is -0.392 e. The van der Waals surface area contributed by atoms with Crippen molar-refractivity contribution in [1.82, 2.24) is 4.90 Å². The van der Waals surface area contributed by atoms with E-state index in [0.29, 0.717) is 5.92 Å². The van der Waals surface area contributed by atoms with Gasteiger partial charge in [0.25, 0.3) is 0 Å². The molecular formula is C12H23NO. The van der Waals surface area contributed by atoms with Crippen molar-refractivity contribution in [2.45, 2.75) is 57.6 Å². The molecule has 2 atom stereocenters. The predicted octanol–water partition coefficient (Wildman–Crippen LogP) is 2.02. The van der Waals surface area contributed by atoms with Gasteiger partial charge in [0, 0.05) is 19.1 Å². The fraction of sp³-hybridized carbons (Fsp3) is 1.00. The largest absolute Gasteiger partial charge is 0.392 e. The van der Waals surface area contributed by atoms with E-state index in [4.69, 9.17) is 0 Å². The maximum absolute atomic E-state index is 9.74. The number of likely N-dealkylation sites (tertiary alicyclic amines) is 1. The van der Waals surface area contributed by atoms with Crippen LogP contribution in [0.4, 0.5) is 0 Å². The molecule has 0 bridgehead atoms. The van der Waals surface area contributed by atoms with Gasteiger partial charge < -0.3 is 5.11 Å². The second-order valence-electron chi connectivity index (χ2n) is 5.24. The molecule has 1 saturated carbocycles. The van der Waals surface area contributed by atoms with Crippen LogP contribution in [-0.2, 0) is 0 Å². The van der Waals surface area contributed by atoms with Crippen LogP contribution in [0.15, 0.2) is 0 Å². The number of hydrogen-bond acceptors (Lipinski definition) is 2. The van der Waals surface area contributed by atoms with Crippen LogP contribution in [0.25, 0.3) is 0 Å². The summed E-state index contributed by atoms with van der Waals surface area (Å²) in [5.74, 6) is 0.681. The Bertz CT molecular complexity index is 167. The summed E-state index contributed by atoms with van der Waals surface area (Å²) < 4.78 is 0. The Labute approximate surface area is 87.3 Å². The fourth-order valence-corrected chi connectivity index (χ4v) is 3.10. The summed E-state index contributed by atoms with van der Waals surface area (Å²) in [5.41, 5.74) is 0. The summed E-state index contributed by atoms with van der Waals surface area (Å²) in [6, 6.07) is 0.779. The number of nitrogens with zero attached hydrogens (tertiary/aromatic N) is 1. The lowest BCUT2D eigenvalue weighted by Crippen LogP contribution is -2.48. The van der Waals surface area contributed by atoms with E-state index in [-0.39, 0.29) is 6.10 Å². The molecule has 2 fully saturated rings. The van der Waals surface area contributed by atoms with E-state index in [2.05, 4.69) is 11.8 Å². The highest BCUT2D eigenvalue weighted by molar-refractivity contribution is 4.83. The zero-order valence-corrected chi connectivity index (χ0v) is 9.28. The molecule has 1 aliphatic carbocycles. The summed E-state index contributed by atoms with van der Waals surface area (Å²) in [6.45, 7) is 4.40. The fourth-order valence-electron chi connectivity index (χ4n) is 3.10. The Morgan fingerprint density at radius 1 is 1.07 bits per heavy atom. The van der Waals surface area contributed by atoms with Gasteiger partial charge in [-0.25, -0.2) is 0 Å². The average molecular weight is 197 g/mol. The first kappa shape index (κ1) is 10.4. The molecule has 0 amide bonds. The van der Waals surface area contributed by atoms with Crippen LogP contribution in [0.3, 0.4) is 0 Å². The molecule has 1 aliphatic heterocycles. The van der Waals surface area contributed by atoms with Crippen LogP contribution in [0.2, 0.25) is 0 Å². The molecule has 2 heteroatoms. The molecule has 2 rings (SSSR count). The second-order valence-corrected chi connectivity index (χ2v) is 5.24. The molecule has 1 heterocycles. The third-order valence-electron chi connectivity index (χ3n) is 3.76. The van der Waals surface area contributed by atoms with Crippen molar-refractivity contribution < 1.29 is 5.11 Å². The second kappa shape index (κ2) is 4.63. The molecule has 0 unspecified atom stereocenters. The van der Waals surface area contributed by atoms with E-state index in [0.717, 1.165) is 19.0 Å². The standard InChI is InChI=1S/C12H23NO/c1-10-7-12(14)9-13(8-10)11-5-3-2-4-6-11/h10-12,14H,2-9H2,1H3/t10-,12+/m1/s1. The van der Waals surface area contributed by atoms with Crippen LogP contribution in [0, 0.1) is 5.92 Å². The lowest BCUT2D eigenvalue weighted by atomic mass is 9.90. The van der Waals surface area contributed by atoms with Gasteiger partial charge in [-0.1, -0.05) is 26.2 Å². The van der Waals surface area contributed by atoms with Crippen LogP contribution in [0.1, 0.15) is 45.4 Å². The monoisotopic (exact) mass is 197 g/mol. The first-order valence-electron chi connectivity index (χ1n) is 6.18. The van der Waals surface area contributed by atoms with E-state index in [9.17, 15) is 5.11 Å². The molecule has 0 aromatic carbocycles. The Hall–Kier alpha value is -0.0800. The van der Waals surface area contributed by atoms with Gasteiger partial charge in [0.15, 0.2) is 0 Å². The maximum atomic E-state index is 9.74. The molecule has 0 spiro atoms. The van der Waals surface area contributed by atoms with Gasteiger partial charge >= 0.3 is 0 Å². The minimum absolute atomic E-state index is 0.0688. The quantitative estimate of drug-likeness (QED) is 0.695. The Balaban J connectivity index is 1.88. The summed E-state index contributed by atoms with van der Waals surface area (Å²) in [6.07, 6.45) is 7.86. The van der Waals surface area contributed by atoms with Crippen molar-refractivity contribution in [3.05, 3.63) is 0 Å². The lowest BCUT2D eigenvalue weighted by Gasteiger charge is -2.41. The number of aliphatic hydroxyl groups is 1.